The molecule has 3 rings (SSSR count). The standard InChI is InChI=1S/C22H21N/c1-2-10-19-13-6-7-14-20(19)21-15-8-9-16-22(21)23-17-18-11-4-3-5-12-18/h2-16,23H,17H2,1H3/b10-2+. The van der Waals surface area contributed by atoms with Crippen LogP contribution in [0, 0.1) is 0 Å². The smallest absolute Gasteiger partial charge is 0.0422 e. The number of hydrogen-bond donors (Lipinski definition) is 1. The maximum atomic E-state index is 3.57. The molecular formula is C22H21N. The maximum Gasteiger partial charge on any atom is 0.0422 e. The van der Waals surface area contributed by atoms with Gasteiger partial charge in [0.1, 0.15) is 0 Å². The van der Waals surface area contributed by atoms with Gasteiger partial charge in [-0.15, -0.1) is 0 Å². The van der Waals surface area contributed by atoms with Crippen molar-refractivity contribution in [2.24, 2.45) is 0 Å². The average Bonchev–Trinajstić information content (AvgIpc) is 2.62. The van der Waals surface area contributed by atoms with Crippen LogP contribution in [0.5, 0.6) is 0 Å². The fourth-order valence-electron chi connectivity index (χ4n) is 2.73. The lowest BCUT2D eigenvalue weighted by Crippen LogP contribution is -2.01. The molecule has 1 N–H and O–H groups in total. The van der Waals surface area contributed by atoms with Gasteiger partial charge in [0, 0.05) is 17.8 Å². The molecule has 1 heteroatoms. The van der Waals surface area contributed by atoms with Crippen LogP contribution >= 0.6 is 0 Å². The zero-order valence-corrected chi connectivity index (χ0v) is 13.4. The Morgan fingerprint density at radius 2 is 1.39 bits per heavy atom. The Labute approximate surface area is 138 Å². The number of para-hydroxylation sites is 1. The second-order valence-electron chi connectivity index (χ2n) is 5.47. The fraction of sp³-hybridized carbons (Fsp3) is 0.0909. The molecule has 0 aromatic heterocycles. The molecule has 1 nitrogen and oxygen atoms in total. The third-order valence-electron chi connectivity index (χ3n) is 3.85. The fourth-order valence-corrected chi connectivity index (χ4v) is 2.73. The quantitative estimate of drug-likeness (QED) is 0.609. The van der Waals surface area contributed by atoms with Gasteiger partial charge in [-0.1, -0.05) is 84.9 Å². The van der Waals surface area contributed by atoms with Gasteiger partial charge in [0.2, 0.25) is 0 Å². The summed E-state index contributed by atoms with van der Waals surface area (Å²) in [4.78, 5) is 0. The zero-order valence-electron chi connectivity index (χ0n) is 13.4. The topological polar surface area (TPSA) is 12.0 Å². The summed E-state index contributed by atoms with van der Waals surface area (Å²) < 4.78 is 0. The van der Waals surface area contributed by atoms with Crippen molar-refractivity contribution in [2.75, 3.05) is 5.32 Å². The highest BCUT2D eigenvalue weighted by atomic mass is 14.9. The minimum absolute atomic E-state index is 0.823. The summed E-state index contributed by atoms with van der Waals surface area (Å²) in [6, 6.07) is 27.5. The van der Waals surface area contributed by atoms with Crippen LogP contribution in [0.3, 0.4) is 0 Å². The summed E-state index contributed by atoms with van der Waals surface area (Å²) in [6.07, 6.45) is 4.24. The summed E-state index contributed by atoms with van der Waals surface area (Å²) in [7, 11) is 0. The second-order valence-corrected chi connectivity index (χ2v) is 5.47. The molecule has 0 saturated carbocycles. The third kappa shape index (κ3) is 3.70. The molecular weight excluding hydrogens is 278 g/mol. The number of hydrogen-bond acceptors (Lipinski definition) is 1. The van der Waals surface area contributed by atoms with Crippen molar-refractivity contribution in [1.82, 2.24) is 0 Å². The van der Waals surface area contributed by atoms with Crippen molar-refractivity contribution in [1.29, 1.82) is 0 Å². The lowest BCUT2D eigenvalue weighted by atomic mass is 9.97. The van der Waals surface area contributed by atoms with E-state index in [1.165, 1.54) is 22.3 Å². The maximum absolute atomic E-state index is 3.57. The Morgan fingerprint density at radius 1 is 0.739 bits per heavy atom. The summed E-state index contributed by atoms with van der Waals surface area (Å²) in [5, 5.41) is 3.57. The molecule has 0 spiro atoms. The molecule has 0 aliphatic rings. The van der Waals surface area contributed by atoms with Crippen molar-refractivity contribution in [2.45, 2.75) is 13.5 Å². The van der Waals surface area contributed by atoms with Gasteiger partial charge >= 0.3 is 0 Å². The van der Waals surface area contributed by atoms with Crippen LogP contribution in [0.15, 0.2) is 84.9 Å². The van der Waals surface area contributed by atoms with E-state index >= 15 is 0 Å². The molecule has 0 heterocycles. The molecule has 0 saturated heterocycles. The van der Waals surface area contributed by atoms with Crippen LogP contribution in [-0.2, 0) is 6.54 Å². The Hall–Kier alpha value is -2.80. The van der Waals surface area contributed by atoms with E-state index in [9.17, 15) is 0 Å². The summed E-state index contributed by atoms with van der Waals surface area (Å²) >= 11 is 0. The minimum Gasteiger partial charge on any atom is -0.380 e. The summed E-state index contributed by atoms with van der Waals surface area (Å²) in [5.74, 6) is 0. The van der Waals surface area contributed by atoms with Crippen LogP contribution in [-0.4, -0.2) is 0 Å². The molecule has 0 aliphatic carbocycles. The van der Waals surface area contributed by atoms with Gasteiger partial charge < -0.3 is 5.32 Å². The van der Waals surface area contributed by atoms with Crippen molar-refractivity contribution < 1.29 is 0 Å². The highest BCUT2D eigenvalue weighted by Gasteiger charge is 2.07. The first-order valence-electron chi connectivity index (χ1n) is 7.97. The SMILES string of the molecule is C/C=C/c1ccccc1-c1ccccc1NCc1ccccc1. The van der Waals surface area contributed by atoms with E-state index in [0.717, 1.165) is 12.2 Å². The van der Waals surface area contributed by atoms with Gasteiger partial charge in [-0.3, -0.25) is 0 Å². The number of anilines is 1. The van der Waals surface area contributed by atoms with Crippen LogP contribution in [0.4, 0.5) is 5.69 Å². The summed E-state index contributed by atoms with van der Waals surface area (Å²) in [6.45, 7) is 2.87. The van der Waals surface area contributed by atoms with Gasteiger partial charge in [-0.25, -0.2) is 0 Å². The van der Waals surface area contributed by atoms with Crippen molar-refractivity contribution in [3.05, 3.63) is 96.1 Å². The molecule has 0 bridgehead atoms. The van der Waals surface area contributed by atoms with Gasteiger partial charge in [0.25, 0.3) is 0 Å². The Morgan fingerprint density at radius 3 is 2.17 bits per heavy atom. The molecule has 3 aromatic carbocycles. The van der Waals surface area contributed by atoms with E-state index in [1.807, 2.05) is 6.07 Å². The molecule has 0 aliphatic heterocycles. The molecule has 0 amide bonds. The monoisotopic (exact) mass is 299 g/mol. The lowest BCUT2D eigenvalue weighted by molar-refractivity contribution is 1.15. The predicted octanol–water partition coefficient (Wildman–Crippen LogP) is 6.00. The highest BCUT2D eigenvalue weighted by Crippen LogP contribution is 2.31. The van der Waals surface area contributed by atoms with Crippen LogP contribution in [0.2, 0.25) is 0 Å². The second kappa shape index (κ2) is 7.46. The summed E-state index contributed by atoms with van der Waals surface area (Å²) in [5.41, 5.74) is 6.17. The van der Waals surface area contributed by atoms with Gasteiger partial charge in [0.05, 0.1) is 0 Å². The first kappa shape index (κ1) is 15.1. The molecule has 3 aromatic rings. The Bertz CT molecular complexity index is 788. The lowest BCUT2D eigenvalue weighted by Gasteiger charge is -2.14. The van der Waals surface area contributed by atoms with E-state index in [2.05, 4.69) is 97.2 Å². The van der Waals surface area contributed by atoms with Gasteiger partial charge in [0.15, 0.2) is 0 Å². The molecule has 0 unspecified atom stereocenters. The third-order valence-corrected chi connectivity index (χ3v) is 3.85. The first-order valence-corrected chi connectivity index (χ1v) is 7.97. The van der Waals surface area contributed by atoms with Crippen molar-refractivity contribution in [3.8, 4) is 11.1 Å². The Balaban J connectivity index is 1.92. The van der Waals surface area contributed by atoms with E-state index in [0.29, 0.717) is 0 Å². The van der Waals surface area contributed by atoms with E-state index in [-0.39, 0.29) is 0 Å². The van der Waals surface area contributed by atoms with Crippen LogP contribution in [0.25, 0.3) is 17.2 Å². The van der Waals surface area contributed by atoms with E-state index in [4.69, 9.17) is 0 Å². The molecule has 0 atom stereocenters. The number of rotatable bonds is 5. The van der Waals surface area contributed by atoms with Gasteiger partial charge in [-0.2, -0.15) is 0 Å². The van der Waals surface area contributed by atoms with Crippen molar-refractivity contribution >= 4 is 11.8 Å². The number of nitrogens with one attached hydrogen (secondary N) is 1. The zero-order chi connectivity index (χ0) is 15.9. The molecule has 0 radical (unpaired) electrons. The Kier molecular flexibility index (Phi) is 4.90. The number of benzene rings is 3. The first-order chi connectivity index (χ1) is 11.4. The normalized spacial score (nSPS) is 10.8. The van der Waals surface area contributed by atoms with Gasteiger partial charge in [-0.05, 0) is 29.7 Å². The minimum atomic E-state index is 0.823. The van der Waals surface area contributed by atoms with Crippen molar-refractivity contribution in [3.63, 3.8) is 0 Å². The molecule has 23 heavy (non-hydrogen) atoms. The average molecular weight is 299 g/mol. The number of allylic oxidation sites excluding steroid dienone is 1. The molecule has 114 valence electrons. The van der Waals surface area contributed by atoms with Crippen LogP contribution < -0.4 is 5.32 Å². The highest BCUT2D eigenvalue weighted by molar-refractivity contribution is 5.83. The van der Waals surface area contributed by atoms with Crippen LogP contribution in [0.1, 0.15) is 18.1 Å². The van der Waals surface area contributed by atoms with E-state index < -0.39 is 0 Å². The predicted molar refractivity (Wildman–Crippen MR) is 100 cm³/mol. The largest absolute Gasteiger partial charge is 0.380 e. The molecule has 0 fully saturated rings. The van der Waals surface area contributed by atoms with E-state index in [1.54, 1.807) is 0 Å².